The predicted molar refractivity (Wildman–Crippen MR) is 104 cm³/mol. The number of aromatic nitrogens is 4. The Morgan fingerprint density at radius 2 is 2.00 bits per heavy atom. The summed E-state index contributed by atoms with van der Waals surface area (Å²) in [6.45, 7) is 0.263. The van der Waals surface area contributed by atoms with Crippen LogP contribution in [0.4, 0.5) is 4.39 Å². The maximum Gasteiger partial charge on any atom is 0.331 e. The Kier molecular flexibility index (Phi) is 5.30. The third-order valence-corrected chi connectivity index (χ3v) is 5.22. The standard InChI is InChI=1S/C20H20FN5O4/c1-24-16(27)9-11-25(20(24)29)12-17(28)26-10-5-4-8-15(26)19-23-22-18(30-19)13-6-2-3-7-14(13)21/h2-3,6-7,9,11,15H,4-5,8,10,12H2,1H3/t15-/m0/s1. The van der Waals surface area contributed by atoms with Gasteiger partial charge in [0.1, 0.15) is 18.4 Å². The van der Waals surface area contributed by atoms with Gasteiger partial charge in [0, 0.05) is 25.9 Å². The second-order valence-electron chi connectivity index (χ2n) is 7.15. The highest BCUT2D eigenvalue weighted by atomic mass is 19.1. The first-order chi connectivity index (χ1) is 14.5. The van der Waals surface area contributed by atoms with Crippen molar-refractivity contribution < 1.29 is 13.6 Å². The molecule has 0 N–H and O–H groups in total. The van der Waals surface area contributed by atoms with Gasteiger partial charge in [0.2, 0.25) is 11.8 Å². The lowest BCUT2D eigenvalue weighted by molar-refractivity contribution is -0.136. The number of hydrogen-bond acceptors (Lipinski definition) is 6. The molecule has 30 heavy (non-hydrogen) atoms. The van der Waals surface area contributed by atoms with E-state index in [4.69, 9.17) is 4.42 Å². The minimum absolute atomic E-state index is 0.0513. The Labute approximate surface area is 170 Å². The normalized spacial score (nSPS) is 16.6. The highest BCUT2D eigenvalue weighted by molar-refractivity contribution is 5.76. The summed E-state index contributed by atoms with van der Waals surface area (Å²) < 4.78 is 21.9. The number of amides is 1. The molecular formula is C20H20FN5O4. The number of hydrogen-bond donors (Lipinski definition) is 0. The van der Waals surface area contributed by atoms with Gasteiger partial charge in [-0.05, 0) is 31.4 Å². The van der Waals surface area contributed by atoms with Crippen molar-refractivity contribution in [1.82, 2.24) is 24.2 Å². The fourth-order valence-electron chi connectivity index (χ4n) is 3.57. The van der Waals surface area contributed by atoms with Crippen molar-refractivity contribution in [1.29, 1.82) is 0 Å². The van der Waals surface area contributed by atoms with Crippen LogP contribution in [-0.2, 0) is 18.4 Å². The zero-order valence-electron chi connectivity index (χ0n) is 16.3. The SMILES string of the molecule is Cn1c(=O)ccn(CC(=O)N2CCCC[C@H]2c2nnc(-c3ccccc3F)o2)c1=O. The molecular weight excluding hydrogens is 393 g/mol. The van der Waals surface area contributed by atoms with Crippen molar-refractivity contribution in [2.45, 2.75) is 31.8 Å². The number of piperidine rings is 1. The number of likely N-dealkylation sites (tertiary alicyclic amines) is 1. The summed E-state index contributed by atoms with van der Waals surface area (Å²) in [4.78, 5) is 38.3. The molecule has 2 aromatic heterocycles. The van der Waals surface area contributed by atoms with Crippen molar-refractivity contribution in [2.24, 2.45) is 7.05 Å². The lowest BCUT2D eigenvalue weighted by atomic mass is 10.0. The third-order valence-electron chi connectivity index (χ3n) is 5.22. The van der Waals surface area contributed by atoms with E-state index in [1.165, 1.54) is 29.9 Å². The van der Waals surface area contributed by atoms with E-state index >= 15 is 0 Å². The Morgan fingerprint density at radius 3 is 2.80 bits per heavy atom. The van der Waals surface area contributed by atoms with Crippen molar-refractivity contribution in [3.05, 3.63) is 69.1 Å². The first kappa shape index (κ1) is 19.7. The molecule has 1 amide bonds. The maximum absolute atomic E-state index is 14.0. The minimum Gasteiger partial charge on any atom is -0.418 e. The van der Waals surface area contributed by atoms with E-state index in [1.54, 1.807) is 23.1 Å². The Hall–Kier alpha value is -3.56. The fraction of sp³-hybridized carbons (Fsp3) is 0.350. The van der Waals surface area contributed by atoms with Crippen molar-refractivity contribution in [3.63, 3.8) is 0 Å². The average Bonchev–Trinajstić information content (AvgIpc) is 3.24. The van der Waals surface area contributed by atoms with Crippen LogP contribution in [0.5, 0.6) is 0 Å². The summed E-state index contributed by atoms with van der Waals surface area (Å²) >= 11 is 0. The largest absolute Gasteiger partial charge is 0.418 e. The number of rotatable bonds is 4. The van der Waals surface area contributed by atoms with Gasteiger partial charge in [-0.25, -0.2) is 9.18 Å². The smallest absolute Gasteiger partial charge is 0.331 e. The van der Waals surface area contributed by atoms with Crippen LogP contribution in [0.25, 0.3) is 11.5 Å². The summed E-state index contributed by atoms with van der Waals surface area (Å²) in [5.41, 5.74) is -0.809. The van der Waals surface area contributed by atoms with Crippen LogP contribution in [0.3, 0.4) is 0 Å². The Morgan fingerprint density at radius 1 is 1.20 bits per heavy atom. The quantitative estimate of drug-likeness (QED) is 0.642. The second kappa shape index (κ2) is 8.05. The fourth-order valence-corrected chi connectivity index (χ4v) is 3.57. The highest BCUT2D eigenvalue weighted by Crippen LogP contribution is 2.32. The molecule has 1 atom stereocenters. The first-order valence-corrected chi connectivity index (χ1v) is 9.60. The second-order valence-corrected chi connectivity index (χ2v) is 7.15. The molecule has 1 fully saturated rings. The summed E-state index contributed by atoms with van der Waals surface area (Å²) in [6, 6.07) is 6.87. The zero-order valence-corrected chi connectivity index (χ0v) is 16.3. The van der Waals surface area contributed by atoms with Crippen LogP contribution in [0.1, 0.15) is 31.2 Å². The van der Waals surface area contributed by atoms with E-state index in [0.29, 0.717) is 13.0 Å². The van der Waals surface area contributed by atoms with Gasteiger partial charge in [-0.15, -0.1) is 10.2 Å². The predicted octanol–water partition coefficient (Wildman–Crippen LogP) is 1.49. The van der Waals surface area contributed by atoms with E-state index in [9.17, 15) is 18.8 Å². The Bertz CT molecular complexity index is 1200. The number of nitrogens with zero attached hydrogens (tertiary/aromatic N) is 5. The van der Waals surface area contributed by atoms with Gasteiger partial charge in [-0.2, -0.15) is 0 Å². The molecule has 1 aliphatic heterocycles. The van der Waals surface area contributed by atoms with E-state index < -0.39 is 23.1 Å². The maximum atomic E-state index is 14.0. The van der Waals surface area contributed by atoms with Crippen molar-refractivity contribution in [3.8, 4) is 11.5 Å². The molecule has 0 aliphatic carbocycles. The van der Waals surface area contributed by atoms with Crippen LogP contribution in [0.15, 0.2) is 50.5 Å². The van der Waals surface area contributed by atoms with E-state index in [2.05, 4.69) is 10.2 Å². The highest BCUT2D eigenvalue weighted by Gasteiger charge is 2.32. The molecule has 0 bridgehead atoms. The van der Waals surface area contributed by atoms with E-state index in [-0.39, 0.29) is 29.8 Å². The van der Waals surface area contributed by atoms with Crippen molar-refractivity contribution >= 4 is 5.91 Å². The van der Waals surface area contributed by atoms with Gasteiger partial charge in [0.25, 0.3) is 11.4 Å². The van der Waals surface area contributed by atoms with E-state index in [1.807, 2.05) is 0 Å². The van der Waals surface area contributed by atoms with Crippen molar-refractivity contribution in [2.75, 3.05) is 6.54 Å². The van der Waals surface area contributed by atoms with Crippen LogP contribution in [-0.4, -0.2) is 36.7 Å². The van der Waals surface area contributed by atoms with Gasteiger partial charge in [0.05, 0.1) is 5.56 Å². The number of benzene rings is 1. The molecule has 0 saturated carbocycles. The lowest BCUT2D eigenvalue weighted by Crippen LogP contribution is -2.44. The van der Waals surface area contributed by atoms with Crippen LogP contribution >= 0.6 is 0 Å². The molecule has 10 heteroatoms. The lowest BCUT2D eigenvalue weighted by Gasteiger charge is -2.33. The first-order valence-electron chi connectivity index (χ1n) is 9.60. The van der Waals surface area contributed by atoms with Gasteiger partial charge in [0.15, 0.2) is 0 Å². The monoisotopic (exact) mass is 413 g/mol. The topological polar surface area (TPSA) is 103 Å². The molecule has 0 spiro atoms. The summed E-state index contributed by atoms with van der Waals surface area (Å²) in [7, 11) is 1.36. The molecule has 3 aromatic rings. The zero-order chi connectivity index (χ0) is 21.3. The summed E-state index contributed by atoms with van der Waals surface area (Å²) in [6.07, 6.45) is 3.60. The Balaban J connectivity index is 1.59. The van der Waals surface area contributed by atoms with Crippen LogP contribution in [0.2, 0.25) is 0 Å². The van der Waals surface area contributed by atoms with Gasteiger partial charge < -0.3 is 9.32 Å². The van der Waals surface area contributed by atoms with Gasteiger partial charge in [-0.3, -0.25) is 18.7 Å². The van der Waals surface area contributed by atoms with Gasteiger partial charge in [-0.1, -0.05) is 12.1 Å². The van der Waals surface area contributed by atoms with Crippen LogP contribution in [0, 0.1) is 5.82 Å². The molecule has 4 rings (SSSR count). The van der Waals surface area contributed by atoms with Gasteiger partial charge >= 0.3 is 5.69 Å². The molecule has 3 heterocycles. The molecule has 0 unspecified atom stereocenters. The minimum atomic E-state index is -0.566. The number of carbonyl (C=O) groups is 1. The molecule has 1 aliphatic rings. The molecule has 156 valence electrons. The summed E-state index contributed by atoms with van der Waals surface area (Å²) in [5.74, 6) is -0.492. The molecule has 0 radical (unpaired) electrons. The number of carbonyl (C=O) groups excluding carboxylic acids is 1. The summed E-state index contributed by atoms with van der Waals surface area (Å²) in [5, 5.41) is 8.00. The third kappa shape index (κ3) is 3.68. The molecule has 1 aromatic carbocycles. The number of halogens is 1. The average molecular weight is 413 g/mol. The molecule has 9 nitrogen and oxygen atoms in total. The van der Waals surface area contributed by atoms with E-state index in [0.717, 1.165) is 17.4 Å². The van der Waals surface area contributed by atoms with Crippen LogP contribution < -0.4 is 11.2 Å². The molecule has 1 saturated heterocycles.